The summed E-state index contributed by atoms with van der Waals surface area (Å²) in [5.41, 5.74) is 1.81. The van der Waals surface area contributed by atoms with Gasteiger partial charge in [0.2, 0.25) is 5.91 Å². The second-order valence-electron chi connectivity index (χ2n) is 5.89. The van der Waals surface area contributed by atoms with E-state index in [0.717, 1.165) is 0 Å². The third kappa shape index (κ3) is 18.9. The number of rotatable bonds is 19. The number of hydrogen-bond donors (Lipinski definition) is 8. The Labute approximate surface area is 203 Å². The Kier molecular flexibility index (Phi) is 19.1. The maximum Gasteiger partial charge on any atom is 0.421 e. The zero-order valence-electron chi connectivity index (χ0n) is 17.2. The molecule has 20 heteroatoms. The van der Waals surface area contributed by atoms with E-state index in [2.05, 4.69) is 19.1 Å². The molecule has 0 saturated carbocycles. The van der Waals surface area contributed by atoms with E-state index in [1.54, 1.807) is 0 Å². The van der Waals surface area contributed by atoms with Gasteiger partial charge in [-0.15, -0.1) is 0 Å². The molecule has 0 aliphatic heterocycles. The summed E-state index contributed by atoms with van der Waals surface area (Å²) in [6, 6.07) is 0. The first-order valence-corrected chi connectivity index (χ1v) is 15.3. The first-order valence-electron chi connectivity index (χ1n) is 9.13. The fraction of sp³-hybridized carbons (Fsp3) is 0.846. The molecule has 9 N–H and O–H groups in total. The molecule has 0 fully saturated rings. The molecule has 0 aromatic rings. The lowest BCUT2D eigenvalue weighted by molar-refractivity contribution is -0.275. The van der Waals surface area contributed by atoms with Gasteiger partial charge in [0.1, 0.15) is 6.61 Å². The molecule has 15 nitrogen and oxygen atoms in total. The van der Waals surface area contributed by atoms with Crippen LogP contribution in [-0.2, 0) is 27.7 Å². The van der Waals surface area contributed by atoms with Crippen LogP contribution in [-0.4, -0.2) is 91.5 Å². The maximum atomic E-state index is 11.8. The Morgan fingerprint density at radius 1 is 1.03 bits per heavy atom. The summed E-state index contributed by atoms with van der Waals surface area (Å²) < 4.78 is 34.5. The molecule has 0 aromatic heterocycles. The molecular weight excluding hydrogens is 548 g/mol. The van der Waals surface area contributed by atoms with Crippen molar-refractivity contribution in [3.8, 4) is 0 Å². The van der Waals surface area contributed by atoms with Crippen LogP contribution >= 0.6 is 49.9 Å². The van der Waals surface area contributed by atoms with Crippen LogP contribution in [0.5, 0.6) is 0 Å². The van der Waals surface area contributed by atoms with Gasteiger partial charge in [0.05, 0.1) is 12.2 Å². The molecule has 0 heterocycles. The number of aliphatic hydroxyl groups is 3. The van der Waals surface area contributed by atoms with Gasteiger partial charge >= 0.3 is 22.6 Å². The molecule has 0 spiro atoms. The average Bonchev–Trinajstić information content (AvgIpc) is 2.71. The van der Waals surface area contributed by atoms with Crippen LogP contribution in [0, 0.1) is 0 Å². The van der Waals surface area contributed by atoms with Crippen LogP contribution in [0.1, 0.15) is 12.8 Å². The second-order valence-corrected chi connectivity index (χ2v) is 11.1. The fourth-order valence-corrected chi connectivity index (χ4v) is 5.69. The van der Waals surface area contributed by atoms with Crippen molar-refractivity contribution in [3.63, 3.8) is 0 Å². The van der Waals surface area contributed by atoms with E-state index < -0.39 is 53.1 Å². The molecule has 0 radical (unpaired) electrons. The van der Waals surface area contributed by atoms with E-state index in [4.69, 9.17) is 15.6 Å². The van der Waals surface area contributed by atoms with Crippen molar-refractivity contribution in [2.24, 2.45) is 5.84 Å². The highest BCUT2D eigenvalue weighted by Gasteiger charge is 2.33. The zero-order chi connectivity index (χ0) is 25.3. The van der Waals surface area contributed by atoms with E-state index in [9.17, 15) is 34.0 Å². The smallest absolute Gasteiger partial charge is 0.421 e. The van der Waals surface area contributed by atoms with Gasteiger partial charge in [0.15, 0.2) is 0 Å². The number of hydrazine groups is 1. The van der Waals surface area contributed by atoms with Crippen LogP contribution in [0.4, 0.5) is 4.79 Å². The lowest BCUT2D eigenvalue weighted by Gasteiger charge is -2.24. The highest BCUT2D eigenvalue weighted by molar-refractivity contribution is 8.76. The van der Waals surface area contributed by atoms with Crippen molar-refractivity contribution < 1.29 is 57.6 Å². The summed E-state index contributed by atoms with van der Waals surface area (Å²) >= 11 is 1.22. The van der Waals surface area contributed by atoms with E-state index >= 15 is 0 Å². The molecule has 0 aliphatic rings. The number of carbonyl (C=O) groups is 2. The summed E-state index contributed by atoms with van der Waals surface area (Å²) in [6.45, 7) is -0.136. The van der Waals surface area contributed by atoms with Crippen LogP contribution in [0.15, 0.2) is 0 Å². The van der Waals surface area contributed by atoms with Gasteiger partial charge in [0.25, 0.3) is 5.97 Å². The highest BCUT2D eigenvalue weighted by atomic mass is 33.1. The Bertz CT molecular complexity index is 623. The molecule has 33 heavy (non-hydrogen) atoms. The number of nitrogens with two attached hydrogens (primary N) is 1. The number of carbonyl (C=O) groups excluding carboxylic acids is 2. The molecule has 0 saturated heterocycles. The van der Waals surface area contributed by atoms with Gasteiger partial charge in [-0.25, -0.2) is 10.6 Å². The van der Waals surface area contributed by atoms with Crippen molar-refractivity contribution in [3.05, 3.63) is 0 Å². The van der Waals surface area contributed by atoms with Crippen LogP contribution in [0.25, 0.3) is 0 Å². The minimum absolute atomic E-state index is 0.0296. The minimum Gasteiger partial charge on any atom is -0.448 e. The van der Waals surface area contributed by atoms with Gasteiger partial charge < -0.3 is 35.2 Å². The lowest BCUT2D eigenvalue weighted by atomic mass is 10.3. The number of amides is 2. The van der Waals surface area contributed by atoms with E-state index in [1.807, 2.05) is 5.43 Å². The van der Waals surface area contributed by atoms with E-state index in [-0.39, 0.29) is 31.1 Å². The summed E-state index contributed by atoms with van der Waals surface area (Å²) in [4.78, 5) is 39.9. The number of aliphatic hydroxyl groups excluding tert-OH is 2. The van der Waals surface area contributed by atoms with Gasteiger partial charge in [-0.3, -0.25) is 28.4 Å². The largest absolute Gasteiger partial charge is 0.448 e. The lowest BCUT2D eigenvalue weighted by Crippen LogP contribution is -2.37. The average molecular weight is 578 g/mol. The van der Waals surface area contributed by atoms with Gasteiger partial charge in [0, 0.05) is 42.4 Å². The standard InChI is InChI=1S/C13H29N3O12P2S3/c14-16-12(20)26-4-6-32-33-8-10(18)9(17)7-31-5-1-11(19)15-3-2-13(21,27-29(22)23)28-30(24)25/h9-10,17-18,21,29-30H,1-8,14H2,(H,15,19)(H,16,20)(H,22,23)(H,24,25). The Morgan fingerprint density at radius 2 is 1.64 bits per heavy atom. The molecule has 0 aliphatic carbocycles. The molecular formula is C13H29N3O12P2S3. The van der Waals surface area contributed by atoms with Crippen LogP contribution in [0.2, 0.25) is 0 Å². The minimum atomic E-state index is -3.68. The molecule has 0 bridgehead atoms. The topological polar surface area (TPSA) is 247 Å². The van der Waals surface area contributed by atoms with Crippen LogP contribution in [0.3, 0.4) is 0 Å². The first-order chi connectivity index (χ1) is 15.5. The zero-order valence-corrected chi connectivity index (χ0v) is 21.7. The van der Waals surface area contributed by atoms with Gasteiger partial charge in [-0.1, -0.05) is 21.6 Å². The van der Waals surface area contributed by atoms with Crippen molar-refractivity contribution in [1.29, 1.82) is 0 Å². The summed E-state index contributed by atoms with van der Waals surface area (Å²) in [5.74, 6) is 2.80. The molecule has 4 atom stereocenters. The second kappa shape index (κ2) is 19.2. The normalized spacial score (nSPS) is 16.8. The van der Waals surface area contributed by atoms with Crippen molar-refractivity contribution in [1.82, 2.24) is 10.7 Å². The predicted molar refractivity (Wildman–Crippen MR) is 125 cm³/mol. The Morgan fingerprint density at radius 3 is 2.21 bits per heavy atom. The number of ether oxygens (including phenoxy) is 1. The summed E-state index contributed by atoms with van der Waals surface area (Å²) in [5, 5.41) is 32.0. The SMILES string of the molecule is NNC(=O)OCCSSCC(O)C(O)CSCCC(=O)NCCC(O)(O[PH](=O)O)O[PH](=O)O. The molecule has 196 valence electrons. The highest BCUT2D eigenvalue weighted by Crippen LogP contribution is 2.34. The third-order valence-corrected chi connectivity index (χ3v) is 7.75. The van der Waals surface area contributed by atoms with Crippen LogP contribution < -0.4 is 16.6 Å². The number of thioether (sulfide) groups is 1. The van der Waals surface area contributed by atoms with Crippen molar-refractivity contribution in [2.75, 3.05) is 36.2 Å². The molecule has 2 amide bonds. The van der Waals surface area contributed by atoms with Gasteiger partial charge in [-0.05, 0) is 0 Å². The number of hydrogen-bond acceptors (Lipinski definition) is 14. The molecule has 0 aromatic carbocycles. The van der Waals surface area contributed by atoms with Crippen molar-refractivity contribution >= 4 is 61.9 Å². The quantitative estimate of drug-likeness (QED) is 0.0170. The monoisotopic (exact) mass is 577 g/mol. The summed E-state index contributed by atoms with van der Waals surface area (Å²) in [7, 11) is -4.72. The van der Waals surface area contributed by atoms with E-state index in [1.165, 1.54) is 33.3 Å². The molecule has 4 unspecified atom stereocenters. The number of nitrogens with one attached hydrogen (secondary N) is 2. The Balaban J connectivity index is 3.94. The first kappa shape index (κ1) is 32.9. The maximum absolute atomic E-state index is 11.8. The predicted octanol–water partition coefficient (Wildman–Crippen LogP) is -1.24. The fourth-order valence-electron chi connectivity index (χ4n) is 1.82. The van der Waals surface area contributed by atoms with Gasteiger partial charge in [-0.2, -0.15) is 11.8 Å². The van der Waals surface area contributed by atoms with Crippen molar-refractivity contribution in [2.45, 2.75) is 31.0 Å². The summed E-state index contributed by atoms with van der Waals surface area (Å²) in [6.07, 6.45) is -3.30. The third-order valence-electron chi connectivity index (χ3n) is 3.30. The Hall–Kier alpha value is -0.0700. The molecule has 0 rings (SSSR count). The van der Waals surface area contributed by atoms with E-state index in [0.29, 0.717) is 11.5 Å².